The third-order valence-electron chi connectivity index (χ3n) is 5.91. The van der Waals surface area contributed by atoms with E-state index in [2.05, 4.69) is 34.5 Å². The van der Waals surface area contributed by atoms with Gasteiger partial charge in [-0.3, -0.25) is 4.21 Å². The number of nitrogens with zero attached hydrogens (tertiary/aromatic N) is 4. The van der Waals surface area contributed by atoms with Gasteiger partial charge in [0.1, 0.15) is 10.7 Å². The lowest BCUT2D eigenvalue weighted by Gasteiger charge is -2.40. The summed E-state index contributed by atoms with van der Waals surface area (Å²) < 4.78 is 12.5. The first kappa shape index (κ1) is 18.4. The molecule has 1 unspecified atom stereocenters. The second kappa shape index (κ2) is 7.29. The van der Waals surface area contributed by atoms with Gasteiger partial charge in [0.15, 0.2) is 0 Å². The van der Waals surface area contributed by atoms with Crippen LogP contribution in [0.3, 0.4) is 0 Å². The fourth-order valence-corrected chi connectivity index (χ4v) is 5.56. The minimum absolute atomic E-state index is 0.0241. The highest BCUT2D eigenvalue weighted by molar-refractivity contribution is 7.85. The normalized spacial score (nSPS) is 23.7. The molecule has 0 radical (unpaired) electrons. The van der Waals surface area contributed by atoms with Crippen LogP contribution in [-0.4, -0.2) is 68.3 Å². The Kier molecular flexibility index (Phi) is 4.61. The van der Waals surface area contributed by atoms with E-state index in [0.717, 1.165) is 18.8 Å². The predicted molar refractivity (Wildman–Crippen MR) is 110 cm³/mol. The summed E-state index contributed by atoms with van der Waals surface area (Å²) in [6.45, 7) is 2.64. The van der Waals surface area contributed by atoms with Crippen LogP contribution in [0.15, 0.2) is 35.2 Å². The number of nitrogens with one attached hydrogen (secondary N) is 1. The molecule has 0 saturated carbocycles. The summed E-state index contributed by atoms with van der Waals surface area (Å²) in [6.07, 6.45) is 0.500. The Bertz CT molecular complexity index is 964. The molecule has 3 aliphatic rings. The Morgan fingerprint density at radius 2 is 1.97 bits per heavy atom. The lowest BCUT2D eigenvalue weighted by atomic mass is 9.92. The van der Waals surface area contributed by atoms with Crippen LogP contribution in [0.5, 0.6) is 0 Å². The van der Waals surface area contributed by atoms with E-state index in [1.807, 2.05) is 6.07 Å². The van der Waals surface area contributed by atoms with E-state index < -0.39 is 16.9 Å². The molecule has 0 aliphatic carbocycles. The first-order valence-electron chi connectivity index (χ1n) is 9.92. The Balaban J connectivity index is 1.36. The van der Waals surface area contributed by atoms with E-state index in [9.17, 15) is 14.1 Å². The van der Waals surface area contributed by atoms with Crippen molar-refractivity contribution in [3.05, 3.63) is 41.6 Å². The predicted octanol–water partition coefficient (Wildman–Crippen LogP) is 1.91. The van der Waals surface area contributed by atoms with Gasteiger partial charge in [0.05, 0.1) is 16.5 Å². The summed E-state index contributed by atoms with van der Waals surface area (Å²) in [5, 5.41) is 12.6. The van der Waals surface area contributed by atoms with E-state index in [0.29, 0.717) is 54.3 Å². The van der Waals surface area contributed by atoms with Crippen LogP contribution in [0.1, 0.15) is 23.6 Å². The van der Waals surface area contributed by atoms with Crippen LogP contribution in [0.25, 0.3) is 0 Å². The van der Waals surface area contributed by atoms with Crippen molar-refractivity contribution in [1.82, 2.24) is 14.9 Å². The summed E-state index contributed by atoms with van der Waals surface area (Å²) in [5.74, 6) is 2.32. The first-order chi connectivity index (χ1) is 14.1. The molecule has 5 rings (SSSR count). The van der Waals surface area contributed by atoms with Crippen LogP contribution in [0.2, 0.25) is 0 Å². The largest absolute Gasteiger partial charge is 0.465 e. The molecule has 2 atom stereocenters. The lowest BCUT2D eigenvalue weighted by molar-refractivity contribution is 0.155. The average molecular weight is 414 g/mol. The van der Waals surface area contributed by atoms with Gasteiger partial charge in [0.25, 0.3) is 0 Å². The molecule has 8 nitrogen and oxygen atoms in total. The Hall–Kier alpha value is -2.68. The molecule has 1 aromatic carbocycles. The number of aromatic nitrogens is 2. The highest BCUT2D eigenvalue weighted by Gasteiger charge is 2.34. The SMILES string of the molecule is O=C(O)N1CC[C@H](Nc2nc(N3CC(c4ccccc4)C3)nc3c2S(=O)CC3)C1. The van der Waals surface area contributed by atoms with Gasteiger partial charge in [-0.2, -0.15) is 4.98 Å². The molecule has 9 heteroatoms. The molecule has 0 bridgehead atoms. The number of fused-ring (bicyclic) bond motifs is 1. The Labute approximate surface area is 171 Å². The molecule has 4 heterocycles. The van der Waals surface area contributed by atoms with Crippen LogP contribution in [-0.2, 0) is 17.2 Å². The molecule has 2 N–H and O–H groups in total. The number of hydrogen-bond acceptors (Lipinski definition) is 6. The van der Waals surface area contributed by atoms with Gasteiger partial charge in [-0.15, -0.1) is 0 Å². The zero-order chi connectivity index (χ0) is 20.0. The number of benzene rings is 1. The summed E-state index contributed by atoms with van der Waals surface area (Å²) in [5.41, 5.74) is 2.18. The zero-order valence-corrected chi connectivity index (χ0v) is 16.8. The molecule has 1 amide bonds. The minimum atomic E-state index is -1.10. The van der Waals surface area contributed by atoms with E-state index in [1.165, 1.54) is 10.5 Å². The van der Waals surface area contributed by atoms with Crippen LogP contribution < -0.4 is 10.2 Å². The molecular weight excluding hydrogens is 390 g/mol. The Morgan fingerprint density at radius 1 is 1.17 bits per heavy atom. The zero-order valence-electron chi connectivity index (χ0n) is 16.0. The number of likely N-dealkylation sites (tertiary alicyclic amines) is 1. The van der Waals surface area contributed by atoms with Gasteiger partial charge in [0.2, 0.25) is 5.95 Å². The van der Waals surface area contributed by atoms with Crippen LogP contribution >= 0.6 is 0 Å². The maximum Gasteiger partial charge on any atom is 0.407 e. The van der Waals surface area contributed by atoms with Crippen molar-refractivity contribution in [3.8, 4) is 0 Å². The van der Waals surface area contributed by atoms with Gasteiger partial charge in [-0.05, 0) is 12.0 Å². The maximum atomic E-state index is 12.5. The standard InChI is InChI=1S/C20H23N5O3S/c26-20(27)24-8-6-15(12-24)21-18-17-16(7-9-29(17)28)22-19(23-18)25-10-14(11-25)13-4-2-1-3-5-13/h1-5,14-15H,6-12H2,(H,26,27)(H,21,22,23)/t15-,29?/m0/s1. The van der Waals surface area contributed by atoms with Crippen LogP contribution in [0, 0.1) is 0 Å². The first-order valence-corrected chi connectivity index (χ1v) is 11.2. The van der Waals surface area contributed by atoms with Crippen LogP contribution in [0.4, 0.5) is 16.6 Å². The number of rotatable bonds is 4. The van der Waals surface area contributed by atoms with Gasteiger partial charge in [-0.25, -0.2) is 9.78 Å². The van der Waals surface area contributed by atoms with Crippen molar-refractivity contribution in [2.24, 2.45) is 0 Å². The van der Waals surface area contributed by atoms with Gasteiger partial charge >= 0.3 is 6.09 Å². The number of carbonyl (C=O) groups is 1. The fourth-order valence-electron chi connectivity index (χ4n) is 4.25. The third kappa shape index (κ3) is 3.43. The monoisotopic (exact) mass is 413 g/mol. The molecule has 2 aromatic rings. The highest BCUT2D eigenvalue weighted by atomic mass is 32.2. The number of anilines is 2. The van der Waals surface area contributed by atoms with E-state index >= 15 is 0 Å². The number of aryl methyl sites for hydroxylation is 1. The number of hydrogen-bond donors (Lipinski definition) is 2. The quantitative estimate of drug-likeness (QED) is 0.790. The topological polar surface area (TPSA) is 98.7 Å². The molecule has 29 heavy (non-hydrogen) atoms. The lowest BCUT2D eigenvalue weighted by Crippen LogP contribution is -2.46. The van der Waals surface area contributed by atoms with Crippen molar-refractivity contribution in [3.63, 3.8) is 0 Å². The minimum Gasteiger partial charge on any atom is -0.465 e. The molecule has 2 saturated heterocycles. The van der Waals surface area contributed by atoms with Gasteiger partial charge < -0.3 is 20.2 Å². The number of carboxylic acid groups (broad SMARTS) is 1. The Morgan fingerprint density at radius 3 is 2.69 bits per heavy atom. The van der Waals surface area contributed by atoms with Crippen molar-refractivity contribution in [2.45, 2.75) is 29.7 Å². The third-order valence-corrected chi connectivity index (χ3v) is 7.37. The van der Waals surface area contributed by atoms with Crippen molar-refractivity contribution in [1.29, 1.82) is 0 Å². The van der Waals surface area contributed by atoms with Gasteiger partial charge in [0, 0.05) is 50.3 Å². The summed E-state index contributed by atoms with van der Waals surface area (Å²) in [7, 11) is -1.10. The molecule has 152 valence electrons. The number of amides is 1. The summed E-state index contributed by atoms with van der Waals surface area (Å²) in [6, 6.07) is 10.4. The van der Waals surface area contributed by atoms with E-state index in [-0.39, 0.29) is 6.04 Å². The second-order valence-electron chi connectivity index (χ2n) is 7.82. The van der Waals surface area contributed by atoms with E-state index in [4.69, 9.17) is 9.97 Å². The summed E-state index contributed by atoms with van der Waals surface area (Å²) >= 11 is 0. The fraction of sp³-hybridized carbons (Fsp3) is 0.450. The molecule has 1 aromatic heterocycles. The van der Waals surface area contributed by atoms with Crippen molar-refractivity contribution >= 4 is 28.7 Å². The molecule has 3 aliphatic heterocycles. The van der Waals surface area contributed by atoms with E-state index in [1.54, 1.807) is 0 Å². The highest BCUT2D eigenvalue weighted by Crippen LogP contribution is 2.35. The van der Waals surface area contributed by atoms with Crippen molar-refractivity contribution < 1.29 is 14.1 Å². The molecular formula is C20H23N5O3S. The second-order valence-corrected chi connectivity index (χ2v) is 9.33. The van der Waals surface area contributed by atoms with Crippen molar-refractivity contribution in [2.75, 3.05) is 42.1 Å². The maximum absolute atomic E-state index is 12.5. The smallest absolute Gasteiger partial charge is 0.407 e. The average Bonchev–Trinajstić information content (AvgIpc) is 3.29. The summed E-state index contributed by atoms with van der Waals surface area (Å²) in [4.78, 5) is 24.9. The molecule has 2 fully saturated rings. The van der Waals surface area contributed by atoms with Gasteiger partial charge in [-0.1, -0.05) is 30.3 Å². The molecule has 0 spiro atoms.